The number of aryl methyl sites for hydroxylation is 3. The lowest BCUT2D eigenvalue weighted by Crippen LogP contribution is -2.14. The van der Waals surface area contributed by atoms with Gasteiger partial charge in [-0.3, -0.25) is 9.59 Å². The van der Waals surface area contributed by atoms with E-state index in [-0.39, 0.29) is 23.7 Å². The maximum Gasteiger partial charge on any atom is 0.304 e. The average molecular weight is 540 g/mol. The molecule has 1 aliphatic heterocycles. The van der Waals surface area contributed by atoms with Gasteiger partial charge in [-0.15, -0.1) is 0 Å². The van der Waals surface area contributed by atoms with Gasteiger partial charge in [-0.2, -0.15) is 0 Å². The van der Waals surface area contributed by atoms with E-state index in [0.717, 1.165) is 44.5 Å². The van der Waals surface area contributed by atoms with E-state index in [0.29, 0.717) is 36.5 Å². The number of hydrogen-bond acceptors (Lipinski definition) is 4. The third kappa shape index (κ3) is 4.55. The summed E-state index contributed by atoms with van der Waals surface area (Å²) in [5.41, 5.74) is 8.36. The number of hydrogen-bond donors (Lipinski definition) is 1. The molecule has 3 aromatic carbocycles. The number of pyridine rings is 1. The fourth-order valence-corrected chi connectivity index (χ4v) is 6.18. The number of carbonyl (C=O) groups is 1. The zero-order chi connectivity index (χ0) is 28.1. The van der Waals surface area contributed by atoms with Crippen LogP contribution in [0.25, 0.3) is 22.3 Å². The Morgan fingerprint density at radius 2 is 1.85 bits per heavy atom. The molecule has 0 fully saturated rings. The standard InChI is InChI=1S/C33H30FNO5/c1-18-12-21(20-10-11-35(3)30(36)14-20)13-19(2)32(18)25-6-8-27(34)33-26(25)7-9-28(33)40-23-4-5-24-22(15-31(37)38)17-39-29(24)16-23/h4-6,8,10-14,16,22,28H,7,9,15,17H2,1-3H3,(H,37,38)/t22?,28-/m1/s1. The van der Waals surface area contributed by atoms with Crippen LogP contribution in [-0.4, -0.2) is 22.2 Å². The molecule has 1 aliphatic carbocycles. The SMILES string of the molecule is Cc1cc(-c2ccn(C)c(=O)c2)cc(C)c1-c1ccc(F)c2c1CC[C@H]2Oc1ccc2c(c1)OCC2CC(=O)O. The van der Waals surface area contributed by atoms with Crippen LogP contribution >= 0.6 is 0 Å². The largest absolute Gasteiger partial charge is 0.492 e. The number of aliphatic carboxylic acids is 1. The summed E-state index contributed by atoms with van der Waals surface area (Å²) in [5, 5.41) is 9.16. The van der Waals surface area contributed by atoms with E-state index < -0.39 is 12.1 Å². The molecule has 0 spiro atoms. The quantitative estimate of drug-likeness (QED) is 0.303. The molecule has 40 heavy (non-hydrogen) atoms. The minimum atomic E-state index is -0.860. The summed E-state index contributed by atoms with van der Waals surface area (Å²) in [7, 11) is 1.73. The number of rotatable bonds is 6. The number of aromatic nitrogens is 1. The molecule has 0 bridgehead atoms. The summed E-state index contributed by atoms with van der Waals surface area (Å²) in [4.78, 5) is 23.3. The van der Waals surface area contributed by atoms with Crippen molar-refractivity contribution >= 4 is 5.97 Å². The van der Waals surface area contributed by atoms with Gasteiger partial charge < -0.3 is 19.1 Å². The molecule has 0 amide bonds. The zero-order valence-corrected chi connectivity index (χ0v) is 22.7. The highest BCUT2D eigenvalue weighted by Crippen LogP contribution is 2.45. The van der Waals surface area contributed by atoms with E-state index in [1.54, 1.807) is 29.9 Å². The Balaban J connectivity index is 1.31. The first kappa shape index (κ1) is 25.9. The molecule has 7 heteroatoms. The number of nitrogens with zero attached hydrogens (tertiary/aromatic N) is 1. The van der Waals surface area contributed by atoms with Gasteiger partial charge in [0, 0.05) is 42.4 Å². The van der Waals surface area contributed by atoms with Crippen LogP contribution in [0.15, 0.2) is 65.6 Å². The minimum absolute atomic E-state index is 0.0147. The van der Waals surface area contributed by atoms with Crippen LogP contribution < -0.4 is 15.0 Å². The van der Waals surface area contributed by atoms with E-state index in [1.807, 2.05) is 38.1 Å². The highest BCUT2D eigenvalue weighted by atomic mass is 19.1. The zero-order valence-electron chi connectivity index (χ0n) is 22.7. The van der Waals surface area contributed by atoms with Crippen LogP contribution in [0, 0.1) is 19.7 Å². The van der Waals surface area contributed by atoms with E-state index in [1.165, 1.54) is 6.07 Å². The molecule has 0 radical (unpaired) electrons. The fraction of sp³-hybridized carbons (Fsp3) is 0.273. The Morgan fingerprint density at radius 1 is 1.07 bits per heavy atom. The molecule has 2 aliphatic rings. The topological polar surface area (TPSA) is 77.8 Å². The molecule has 2 atom stereocenters. The fourth-order valence-electron chi connectivity index (χ4n) is 6.18. The van der Waals surface area contributed by atoms with Crippen molar-refractivity contribution in [3.05, 3.63) is 105 Å². The highest BCUT2D eigenvalue weighted by Gasteiger charge is 2.32. The van der Waals surface area contributed by atoms with Gasteiger partial charge in [0.05, 0.1) is 13.0 Å². The third-order valence-electron chi connectivity index (χ3n) is 8.09. The van der Waals surface area contributed by atoms with E-state index in [9.17, 15) is 9.59 Å². The summed E-state index contributed by atoms with van der Waals surface area (Å²) in [6.45, 7) is 4.43. The van der Waals surface area contributed by atoms with Crippen molar-refractivity contribution in [2.24, 2.45) is 7.05 Å². The Bertz CT molecular complexity index is 1700. The molecule has 1 aromatic heterocycles. The van der Waals surface area contributed by atoms with Gasteiger partial charge in [0.15, 0.2) is 0 Å². The lowest BCUT2D eigenvalue weighted by molar-refractivity contribution is -0.137. The molecule has 0 saturated heterocycles. The van der Waals surface area contributed by atoms with Crippen molar-refractivity contribution in [2.45, 2.75) is 45.1 Å². The predicted octanol–water partition coefficient (Wildman–Crippen LogP) is 6.49. The first-order valence-corrected chi connectivity index (χ1v) is 13.4. The first-order chi connectivity index (χ1) is 19.2. The minimum Gasteiger partial charge on any atom is -0.492 e. The summed E-state index contributed by atoms with van der Waals surface area (Å²) in [6.07, 6.45) is 2.67. The smallest absolute Gasteiger partial charge is 0.304 e. The summed E-state index contributed by atoms with van der Waals surface area (Å²) in [6, 6.07) is 16.6. The van der Waals surface area contributed by atoms with Crippen LogP contribution in [0.5, 0.6) is 11.5 Å². The van der Waals surface area contributed by atoms with E-state index in [4.69, 9.17) is 14.6 Å². The lowest BCUT2D eigenvalue weighted by Gasteiger charge is -2.19. The molecule has 1 N–H and O–H groups in total. The lowest BCUT2D eigenvalue weighted by atomic mass is 9.88. The maximum atomic E-state index is 15.3. The van der Waals surface area contributed by atoms with Crippen molar-refractivity contribution in [3.8, 4) is 33.8 Å². The van der Waals surface area contributed by atoms with Gasteiger partial charge in [0.1, 0.15) is 23.4 Å². The molecule has 4 aromatic rings. The number of benzene rings is 3. The van der Waals surface area contributed by atoms with Crippen LogP contribution in [0.4, 0.5) is 4.39 Å². The monoisotopic (exact) mass is 539 g/mol. The molecule has 6 rings (SSSR count). The summed E-state index contributed by atoms with van der Waals surface area (Å²) < 4.78 is 28.9. The number of halogens is 1. The van der Waals surface area contributed by atoms with Crippen molar-refractivity contribution < 1.29 is 23.8 Å². The first-order valence-electron chi connectivity index (χ1n) is 13.4. The second kappa shape index (κ2) is 9.97. The van der Waals surface area contributed by atoms with Gasteiger partial charge in [0.2, 0.25) is 0 Å². The van der Waals surface area contributed by atoms with Gasteiger partial charge in [0.25, 0.3) is 5.56 Å². The highest BCUT2D eigenvalue weighted by molar-refractivity contribution is 5.79. The number of ether oxygens (including phenoxy) is 2. The Kier molecular flexibility index (Phi) is 6.45. The number of carboxylic acid groups (broad SMARTS) is 1. The van der Waals surface area contributed by atoms with Crippen molar-refractivity contribution in [2.75, 3.05) is 6.61 Å². The summed E-state index contributed by atoms with van der Waals surface area (Å²) in [5.74, 6) is -0.130. The second-order valence-corrected chi connectivity index (χ2v) is 10.8. The van der Waals surface area contributed by atoms with Crippen LogP contribution in [0.3, 0.4) is 0 Å². The summed E-state index contributed by atoms with van der Waals surface area (Å²) >= 11 is 0. The molecule has 0 saturated carbocycles. The van der Waals surface area contributed by atoms with Gasteiger partial charge >= 0.3 is 5.97 Å². The Hall–Kier alpha value is -4.39. The normalized spacial score (nSPS) is 17.3. The van der Waals surface area contributed by atoms with E-state index >= 15 is 4.39 Å². The molecular formula is C33H30FNO5. The number of carboxylic acids is 1. The third-order valence-corrected chi connectivity index (χ3v) is 8.09. The van der Waals surface area contributed by atoms with Crippen molar-refractivity contribution in [3.63, 3.8) is 0 Å². The molecule has 2 heterocycles. The second-order valence-electron chi connectivity index (χ2n) is 10.8. The van der Waals surface area contributed by atoms with Crippen LogP contribution in [0.1, 0.15) is 52.7 Å². The number of fused-ring (bicyclic) bond motifs is 2. The molecule has 6 nitrogen and oxygen atoms in total. The van der Waals surface area contributed by atoms with Crippen LogP contribution in [0.2, 0.25) is 0 Å². The van der Waals surface area contributed by atoms with E-state index in [2.05, 4.69) is 12.1 Å². The Morgan fingerprint density at radius 3 is 2.58 bits per heavy atom. The molecule has 204 valence electrons. The van der Waals surface area contributed by atoms with Crippen molar-refractivity contribution in [1.82, 2.24) is 4.57 Å². The average Bonchev–Trinajstić information content (AvgIpc) is 3.51. The Labute approximate surface area is 231 Å². The van der Waals surface area contributed by atoms with Gasteiger partial charge in [-0.05, 0) is 83.8 Å². The van der Waals surface area contributed by atoms with Gasteiger partial charge in [-0.1, -0.05) is 24.3 Å². The maximum absolute atomic E-state index is 15.3. The van der Waals surface area contributed by atoms with Gasteiger partial charge in [-0.25, -0.2) is 4.39 Å². The molecule has 1 unspecified atom stereocenters. The van der Waals surface area contributed by atoms with Crippen LogP contribution in [-0.2, 0) is 18.3 Å². The molecular weight excluding hydrogens is 509 g/mol. The predicted molar refractivity (Wildman–Crippen MR) is 151 cm³/mol. The van der Waals surface area contributed by atoms with Crippen molar-refractivity contribution in [1.29, 1.82) is 0 Å².